The molecule has 0 rings (SSSR count). The third kappa shape index (κ3) is 249. The van der Waals surface area contributed by atoms with Gasteiger partial charge in [0, 0.05) is 32.7 Å². The summed E-state index contributed by atoms with van der Waals surface area (Å²) < 4.78 is 0. The van der Waals surface area contributed by atoms with Gasteiger partial charge in [-0.3, -0.25) is 0 Å². The first-order chi connectivity index (χ1) is 2.41. The first-order valence-corrected chi connectivity index (χ1v) is 1.28. The first kappa shape index (κ1) is 16.1. The number of nitriles is 1. The third-order valence-electron chi connectivity index (χ3n) is 0. The molecule has 1 radical (unpaired) electrons. The van der Waals surface area contributed by atoms with Crippen LogP contribution in [0.5, 0.6) is 0 Å². The molecule has 0 aromatic carbocycles. The summed E-state index contributed by atoms with van der Waals surface area (Å²) in [7, 11) is 0. The summed E-state index contributed by atoms with van der Waals surface area (Å²) in [5.41, 5.74) is 0. The van der Waals surface area contributed by atoms with Gasteiger partial charge in [-0.05, 0) is 0 Å². The molecule has 0 aromatic heterocycles. The zero-order valence-electron chi connectivity index (χ0n) is 3.94. The molecule has 0 fully saturated rings. The molecular weight excluding hydrogens is 151 g/mol. The molecule has 0 heterocycles. The molecule has 0 unspecified atom stereocenters. The maximum absolute atomic E-state index is 7.21. The van der Waals surface area contributed by atoms with E-state index in [1.807, 2.05) is 0 Å². The predicted molar refractivity (Wildman–Crippen MR) is 22.0 cm³/mol. The van der Waals surface area contributed by atoms with Crippen molar-refractivity contribution in [2.75, 3.05) is 0 Å². The van der Waals surface area contributed by atoms with E-state index in [0.29, 0.717) is 0 Å². The first-order valence-electron chi connectivity index (χ1n) is 1.28. The Balaban J connectivity index is -0.0000000275. The van der Waals surface area contributed by atoms with E-state index in [1.54, 1.807) is 6.92 Å². The average Bonchev–Trinajstić information content (AvgIpc) is 1.46. The average molecular weight is 158 g/mol. The molecular formula is C4H7NY-2. The summed E-state index contributed by atoms with van der Waals surface area (Å²) in [6.45, 7) is 7.79. The second-order valence-corrected chi connectivity index (χ2v) is 0.158. The van der Waals surface area contributed by atoms with Crippen molar-refractivity contribution in [3.63, 3.8) is 0 Å². The SMILES string of the molecule is [CH2-]C.[CH2-]C#N.[Y]. The minimum Gasteiger partial charge on any atom is -0.346 e. The van der Waals surface area contributed by atoms with Gasteiger partial charge < -0.3 is 13.8 Å². The van der Waals surface area contributed by atoms with E-state index in [2.05, 4.69) is 13.8 Å². The van der Waals surface area contributed by atoms with Gasteiger partial charge in [0.1, 0.15) is 0 Å². The molecule has 6 heavy (non-hydrogen) atoms. The molecule has 0 saturated carbocycles. The van der Waals surface area contributed by atoms with Gasteiger partial charge in [-0.15, -0.1) is 6.07 Å². The molecule has 0 N–H and O–H groups in total. The van der Waals surface area contributed by atoms with Gasteiger partial charge in [-0.25, -0.2) is 5.26 Å². The van der Waals surface area contributed by atoms with Crippen LogP contribution in [0.25, 0.3) is 0 Å². The van der Waals surface area contributed by atoms with Gasteiger partial charge in [-0.2, -0.15) is 6.92 Å². The van der Waals surface area contributed by atoms with Gasteiger partial charge in [-0.1, -0.05) is 0 Å². The van der Waals surface area contributed by atoms with E-state index >= 15 is 0 Å². The van der Waals surface area contributed by atoms with Crippen LogP contribution in [0.2, 0.25) is 0 Å². The van der Waals surface area contributed by atoms with E-state index in [-0.39, 0.29) is 32.7 Å². The molecule has 1 nitrogen and oxygen atoms in total. The van der Waals surface area contributed by atoms with Crippen molar-refractivity contribution < 1.29 is 32.7 Å². The monoisotopic (exact) mass is 158 g/mol. The Morgan fingerprint density at radius 2 is 1.50 bits per heavy atom. The molecule has 0 atom stereocenters. The summed E-state index contributed by atoms with van der Waals surface area (Å²) >= 11 is 0. The molecule has 0 aromatic rings. The zero-order chi connectivity index (χ0) is 4.71. The van der Waals surface area contributed by atoms with Gasteiger partial charge in [0.15, 0.2) is 0 Å². The summed E-state index contributed by atoms with van der Waals surface area (Å²) in [5, 5.41) is 7.21. The second-order valence-electron chi connectivity index (χ2n) is 0.158. The molecule has 0 aliphatic rings. The van der Waals surface area contributed by atoms with Crippen molar-refractivity contribution in [3.05, 3.63) is 13.8 Å². The maximum atomic E-state index is 7.21. The van der Waals surface area contributed by atoms with Crippen molar-refractivity contribution in [2.24, 2.45) is 0 Å². The Hall–Kier alpha value is 0.464. The Morgan fingerprint density at radius 1 is 1.50 bits per heavy atom. The van der Waals surface area contributed by atoms with E-state index in [4.69, 9.17) is 5.26 Å². The van der Waals surface area contributed by atoms with Crippen molar-refractivity contribution in [2.45, 2.75) is 6.92 Å². The van der Waals surface area contributed by atoms with Gasteiger partial charge >= 0.3 is 0 Å². The van der Waals surface area contributed by atoms with Crippen LogP contribution in [-0.4, -0.2) is 0 Å². The summed E-state index contributed by atoms with van der Waals surface area (Å²) in [4.78, 5) is 0. The second kappa shape index (κ2) is 50.8. The van der Waals surface area contributed by atoms with Crippen molar-refractivity contribution in [1.82, 2.24) is 0 Å². The van der Waals surface area contributed by atoms with Crippen LogP contribution >= 0.6 is 0 Å². The normalized spacial score (nSPS) is 2.17. The van der Waals surface area contributed by atoms with Crippen LogP contribution < -0.4 is 0 Å². The van der Waals surface area contributed by atoms with Crippen molar-refractivity contribution in [1.29, 1.82) is 5.26 Å². The zero-order valence-corrected chi connectivity index (χ0v) is 6.78. The summed E-state index contributed by atoms with van der Waals surface area (Å²) in [6, 6.07) is 1.50. The Kier molecular flexibility index (Phi) is 136. The minimum atomic E-state index is 0. The number of hydrogen-bond donors (Lipinski definition) is 0. The van der Waals surface area contributed by atoms with E-state index in [1.165, 1.54) is 6.07 Å². The molecule has 0 saturated heterocycles. The van der Waals surface area contributed by atoms with Crippen molar-refractivity contribution in [3.8, 4) is 6.07 Å². The number of hydrogen-bond acceptors (Lipinski definition) is 1. The summed E-state index contributed by atoms with van der Waals surface area (Å²) in [6.07, 6.45) is 0. The standard InChI is InChI=1S/C2H2N.C2H5.Y/c1-2-3;1-2;/h1H2;1H2,2H3;/q2*-1;. The number of rotatable bonds is 0. The molecule has 0 aliphatic carbocycles. The van der Waals surface area contributed by atoms with E-state index in [9.17, 15) is 0 Å². The van der Waals surface area contributed by atoms with Gasteiger partial charge in [0.25, 0.3) is 0 Å². The van der Waals surface area contributed by atoms with Crippen LogP contribution in [0, 0.1) is 25.2 Å². The minimum absolute atomic E-state index is 0. The molecule has 0 spiro atoms. The maximum Gasteiger partial charge on any atom is 0 e. The fourth-order valence-corrected chi connectivity index (χ4v) is 0. The van der Waals surface area contributed by atoms with Crippen LogP contribution in [-0.2, 0) is 32.7 Å². The topological polar surface area (TPSA) is 23.8 Å². The fourth-order valence-electron chi connectivity index (χ4n) is 0. The number of nitrogens with zero attached hydrogens (tertiary/aromatic N) is 1. The molecule has 0 amide bonds. The largest absolute Gasteiger partial charge is 0.346 e. The van der Waals surface area contributed by atoms with Gasteiger partial charge in [0.05, 0.1) is 0 Å². The third-order valence-corrected chi connectivity index (χ3v) is 0. The fraction of sp³-hybridized carbons (Fsp3) is 0.250. The Morgan fingerprint density at radius 3 is 1.50 bits per heavy atom. The van der Waals surface area contributed by atoms with E-state index < -0.39 is 0 Å². The predicted octanol–water partition coefficient (Wildman–Crippen LogP) is 1.18. The Bertz CT molecular complexity index is 29.0. The Labute approximate surface area is 64.6 Å². The smallest absolute Gasteiger partial charge is 0 e. The van der Waals surface area contributed by atoms with E-state index in [0.717, 1.165) is 0 Å². The molecule has 0 aliphatic heterocycles. The van der Waals surface area contributed by atoms with Crippen LogP contribution in [0.15, 0.2) is 0 Å². The molecule has 2 heteroatoms. The van der Waals surface area contributed by atoms with Crippen LogP contribution in [0.3, 0.4) is 0 Å². The van der Waals surface area contributed by atoms with Crippen LogP contribution in [0.1, 0.15) is 6.92 Å². The quantitative estimate of drug-likeness (QED) is 0.485. The van der Waals surface area contributed by atoms with Crippen molar-refractivity contribution >= 4 is 0 Å². The van der Waals surface area contributed by atoms with Crippen LogP contribution in [0.4, 0.5) is 0 Å². The molecule has 33 valence electrons. The molecule has 0 bridgehead atoms. The summed E-state index contributed by atoms with van der Waals surface area (Å²) in [5.74, 6) is 0. The van der Waals surface area contributed by atoms with Gasteiger partial charge in [0.2, 0.25) is 0 Å².